The van der Waals surface area contributed by atoms with Gasteiger partial charge in [-0.2, -0.15) is 0 Å². The highest BCUT2D eigenvalue weighted by Gasteiger charge is 1.96. The van der Waals surface area contributed by atoms with Crippen LogP contribution in [-0.2, 0) is 6.54 Å². The van der Waals surface area contributed by atoms with E-state index in [4.69, 9.17) is 4.74 Å². The SMILES string of the molecule is CCCCOc1ccc(CNCCC)cn1. The van der Waals surface area contributed by atoms with Crippen molar-refractivity contribution in [3.8, 4) is 5.88 Å². The van der Waals surface area contributed by atoms with Crippen LogP contribution in [-0.4, -0.2) is 18.1 Å². The predicted octanol–water partition coefficient (Wildman–Crippen LogP) is 2.76. The largest absolute Gasteiger partial charge is 0.478 e. The summed E-state index contributed by atoms with van der Waals surface area (Å²) in [4.78, 5) is 4.27. The molecule has 16 heavy (non-hydrogen) atoms. The van der Waals surface area contributed by atoms with Crippen molar-refractivity contribution in [3.63, 3.8) is 0 Å². The van der Waals surface area contributed by atoms with Gasteiger partial charge in [0.25, 0.3) is 0 Å². The zero-order valence-electron chi connectivity index (χ0n) is 10.3. The zero-order chi connectivity index (χ0) is 11.6. The first-order valence-electron chi connectivity index (χ1n) is 6.15. The third-order valence-corrected chi connectivity index (χ3v) is 2.30. The summed E-state index contributed by atoms with van der Waals surface area (Å²) in [5.74, 6) is 0.729. The van der Waals surface area contributed by atoms with Crippen LogP contribution in [0.3, 0.4) is 0 Å². The maximum Gasteiger partial charge on any atom is 0.213 e. The number of unbranched alkanes of at least 4 members (excludes halogenated alkanes) is 1. The van der Waals surface area contributed by atoms with E-state index in [1.165, 1.54) is 5.56 Å². The monoisotopic (exact) mass is 222 g/mol. The van der Waals surface area contributed by atoms with E-state index in [1.807, 2.05) is 12.3 Å². The molecular formula is C13H22N2O. The predicted molar refractivity (Wildman–Crippen MR) is 66.6 cm³/mol. The number of nitrogens with zero attached hydrogens (tertiary/aromatic N) is 1. The lowest BCUT2D eigenvalue weighted by molar-refractivity contribution is 0.297. The molecule has 0 bridgehead atoms. The van der Waals surface area contributed by atoms with Crippen molar-refractivity contribution in [3.05, 3.63) is 23.9 Å². The molecule has 0 spiro atoms. The first-order chi connectivity index (χ1) is 7.86. The van der Waals surface area contributed by atoms with E-state index in [0.717, 1.165) is 44.8 Å². The van der Waals surface area contributed by atoms with E-state index in [2.05, 4.69) is 30.2 Å². The molecule has 0 atom stereocenters. The summed E-state index contributed by atoms with van der Waals surface area (Å²) in [5.41, 5.74) is 1.20. The van der Waals surface area contributed by atoms with Crippen LogP contribution in [0.2, 0.25) is 0 Å². The molecule has 1 aromatic rings. The van der Waals surface area contributed by atoms with Crippen molar-refractivity contribution < 1.29 is 4.74 Å². The van der Waals surface area contributed by atoms with Crippen molar-refractivity contribution in [2.45, 2.75) is 39.7 Å². The van der Waals surface area contributed by atoms with Gasteiger partial charge in [-0.3, -0.25) is 0 Å². The van der Waals surface area contributed by atoms with Crippen LogP contribution < -0.4 is 10.1 Å². The highest BCUT2D eigenvalue weighted by molar-refractivity contribution is 5.17. The van der Waals surface area contributed by atoms with Gasteiger partial charge in [0.2, 0.25) is 5.88 Å². The van der Waals surface area contributed by atoms with Crippen molar-refractivity contribution in [2.24, 2.45) is 0 Å². The van der Waals surface area contributed by atoms with E-state index in [0.29, 0.717) is 0 Å². The second-order valence-electron chi connectivity index (χ2n) is 3.88. The molecule has 1 heterocycles. The number of hydrogen-bond donors (Lipinski definition) is 1. The lowest BCUT2D eigenvalue weighted by atomic mass is 10.3. The van der Waals surface area contributed by atoms with E-state index >= 15 is 0 Å². The second kappa shape index (κ2) is 8.11. The molecule has 0 aliphatic heterocycles. The molecule has 1 N–H and O–H groups in total. The van der Waals surface area contributed by atoms with Crippen LogP contribution in [0.5, 0.6) is 5.88 Å². The normalized spacial score (nSPS) is 10.4. The first kappa shape index (κ1) is 13.0. The molecule has 1 aromatic heterocycles. The van der Waals surface area contributed by atoms with E-state index in [9.17, 15) is 0 Å². The van der Waals surface area contributed by atoms with E-state index in [-0.39, 0.29) is 0 Å². The van der Waals surface area contributed by atoms with E-state index < -0.39 is 0 Å². The van der Waals surface area contributed by atoms with Crippen LogP contribution in [0.4, 0.5) is 0 Å². The summed E-state index contributed by atoms with van der Waals surface area (Å²) >= 11 is 0. The Bertz CT molecular complexity index is 243. The average Bonchev–Trinajstić information content (AvgIpc) is 2.32. The Morgan fingerprint density at radius 2 is 2.12 bits per heavy atom. The quantitative estimate of drug-likeness (QED) is 0.687. The molecule has 1 rings (SSSR count). The minimum Gasteiger partial charge on any atom is -0.478 e. The van der Waals surface area contributed by atoms with Gasteiger partial charge in [-0.1, -0.05) is 26.3 Å². The number of rotatable bonds is 8. The molecule has 0 saturated carbocycles. The fourth-order valence-electron chi connectivity index (χ4n) is 1.33. The molecule has 0 amide bonds. The summed E-state index contributed by atoms with van der Waals surface area (Å²) in [7, 11) is 0. The average molecular weight is 222 g/mol. The zero-order valence-corrected chi connectivity index (χ0v) is 10.3. The lowest BCUT2D eigenvalue weighted by Crippen LogP contribution is -2.13. The van der Waals surface area contributed by atoms with Gasteiger partial charge in [-0.15, -0.1) is 0 Å². The Hall–Kier alpha value is -1.09. The van der Waals surface area contributed by atoms with Crippen molar-refractivity contribution in [2.75, 3.05) is 13.2 Å². The fourth-order valence-corrected chi connectivity index (χ4v) is 1.33. The Kier molecular flexibility index (Phi) is 6.58. The van der Waals surface area contributed by atoms with Crippen LogP contribution in [0.1, 0.15) is 38.7 Å². The third-order valence-electron chi connectivity index (χ3n) is 2.30. The van der Waals surface area contributed by atoms with Crippen molar-refractivity contribution >= 4 is 0 Å². The summed E-state index contributed by atoms with van der Waals surface area (Å²) in [6.45, 7) is 7.01. The van der Waals surface area contributed by atoms with Gasteiger partial charge in [0.1, 0.15) is 0 Å². The van der Waals surface area contributed by atoms with Crippen LogP contribution in [0.25, 0.3) is 0 Å². The molecule has 0 aliphatic carbocycles. The molecule has 3 nitrogen and oxygen atoms in total. The maximum atomic E-state index is 5.50. The minimum atomic E-state index is 0.729. The van der Waals surface area contributed by atoms with Gasteiger partial charge in [0.05, 0.1) is 6.61 Å². The highest BCUT2D eigenvalue weighted by atomic mass is 16.5. The molecule has 0 aromatic carbocycles. The molecule has 0 aliphatic rings. The number of aromatic nitrogens is 1. The topological polar surface area (TPSA) is 34.1 Å². The molecule has 0 unspecified atom stereocenters. The summed E-state index contributed by atoms with van der Waals surface area (Å²) < 4.78 is 5.50. The molecule has 0 saturated heterocycles. The van der Waals surface area contributed by atoms with Crippen LogP contribution in [0, 0.1) is 0 Å². The summed E-state index contributed by atoms with van der Waals surface area (Å²) in [5, 5.41) is 3.34. The van der Waals surface area contributed by atoms with Gasteiger partial charge in [-0.25, -0.2) is 4.98 Å². The van der Waals surface area contributed by atoms with Gasteiger partial charge in [-0.05, 0) is 24.9 Å². The highest BCUT2D eigenvalue weighted by Crippen LogP contribution is 2.08. The number of pyridine rings is 1. The summed E-state index contributed by atoms with van der Waals surface area (Å²) in [6.07, 6.45) is 5.27. The maximum absolute atomic E-state index is 5.50. The smallest absolute Gasteiger partial charge is 0.213 e. The van der Waals surface area contributed by atoms with E-state index in [1.54, 1.807) is 0 Å². The molecule has 90 valence electrons. The number of ether oxygens (including phenoxy) is 1. The standard InChI is InChI=1S/C13H22N2O/c1-3-5-9-16-13-7-6-12(11-15-13)10-14-8-4-2/h6-7,11,14H,3-5,8-10H2,1-2H3. The Morgan fingerprint density at radius 1 is 1.25 bits per heavy atom. The Labute approximate surface area is 98.2 Å². The van der Waals surface area contributed by atoms with Crippen molar-refractivity contribution in [1.29, 1.82) is 0 Å². The van der Waals surface area contributed by atoms with Crippen LogP contribution >= 0.6 is 0 Å². The Balaban J connectivity index is 2.30. The lowest BCUT2D eigenvalue weighted by Gasteiger charge is -2.06. The molecule has 0 radical (unpaired) electrons. The summed E-state index contributed by atoms with van der Waals surface area (Å²) in [6, 6.07) is 4.01. The first-order valence-corrected chi connectivity index (χ1v) is 6.15. The van der Waals surface area contributed by atoms with Gasteiger partial charge in [0.15, 0.2) is 0 Å². The molecular weight excluding hydrogens is 200 g/mol. The fraction of sp³-hybridized carbons (Fsp3) is 0.615. The number of nitrogens with one attached hydrogen (secondary N) is 1. The van der Waals surface area contributed by atoms with Gasteiger partial charge in [0, 0.05) is 18.8 Å². The van der Waals surface area contributed by atoms with Gasteiger partial charge < -0.3 is 10.1 Å². The van der Waals surface area contributed by atoms with Gasteiger partial charge >= 0.3 is 0 Å². The van der Waals surface area contributed by atoms with Crippen LogP contribution in [0.15, 0.2) is 18.3 Å². The number of hydrogen-bond acceptors (Lipinski definition) is 3. The third kappa shape index (κ3) is 5.12. The molecule has 3 heteroatoms. The Morgan fingerprint density at radius 3 is 2.75 bits per heavy atom. The van der Waals surface area contributed by atoms with Crippen molar-refractivity contribution in [1.82, 2.24) is 10.3 Å². The second-order valence-corrected chi connectivity index (χ2v) is 3.88. The minimum absolute atomic E-state index is 0.729. The molecule has 0 fully saturated rings.